The first-order valence-electron chi connectivity index (χ1n) is 13.0. The van der Waals surface area contributed by atoms with Crippen molar-refractivity contribution in [1.29, 1.82) is 15.8 Å². The minimum Gasteiger partial charge on any atom is -0.497 e. The highest BCUT2D eigenvalue weighted by Gasteiger charge is 2.20. The average molecular weight is 550 g/mol. The van der Waals surface area contributed by atoms with Gasteiger partial charge in [-0.3, -0.25) is 0 Å². The second kappa shape index (κ2) is 13.9. The normalized spacial score (nSPS) is 10.9. The van der Waals surface area contributed by atoms with Crippen LogP contribution < -0.4 is 14.2 Å². The van der Waals surface area contributed by atoms with Crippen LogP contribution in [0.25, 0.3) is 36.5 Å². The molecule has 4 rings (SSSR count). The van der Waals surface area contributed by atoms with Crippen molar-refractivity contribution in [3.8, 4) is 35.5 Å². The summed E-state index contributed by atoms with van der Waals surface area (Å²) >= 11 is 0. The molecular weight excluding hydrogens is 522 g/mol. The summed E-state index contributed by atoms with van der Waals surface area (Å²) < 4.78 is 15.7. The zero-order valence-corrected chi connectivity index (χ0v) is 23.5. The van der Waals surface area contributed by atoms with Crippen LogP contribution in [0.5, 0.6) is 17.2 Å². The third-order valence-electron chi connectivity index (χ3n) is 6.63. The van der Waals surface area contributed by atoms with Gasteiger partial charge in [0.05, 0.1) is 38.0 Å². The van der Waals surface area contributed by atoms with Gasteiger partial charge < -0.3 is 14.2 Å². The lowest BCUT2D eigenvalue weighted by molar-refractivity contribution is 0.414. The van der Waals surface area contributed by atoms with Gasteiger partial charge in [0, 0.05) is 16.7 Å². The zero-order chi connectivity index (χ0) is 29.9. The van der Waals surface area contributed by atoms with Crippen molar-refractivity contribution < 1.29 is 14.2 Å². The molecule has 6 nitrogen and oxygen atoms in total. The Balaban J connectivity index is 1.92. The Labute approximate surface area is 245 Å². The summed E-state index contributed by atoms with van der Waals surface area (Å²) in [4.78, 5) is 0. The monoisotopic (exact) mass is 549 g/mol. The first kappa shape index (κ1) is 29.0. The molecule has 0 radical (unpaired) electrons. The maximum absolute atomic E-state index is 10.3. The molecule has 4 aromatic carbocycles. The molecule has 0 aromatic heterocycles. The van der Waals surface area contributed by atoms with E-state index in [4.69, 9.17) is 14.2 Å². The fourth-order valence-electron chi connectivity index (χ4n) is 4.36. The van der Waals surface area contributed by atoms with Gasteiger partial charge in [0.1, 0.15) is 35.5 Å². The highest BCUT2D eigenvalue weighted by atomic mass is 16.5. The molecule has 0 heterocycles. The van der Waals surface area contributed by atoms with Gasteiger partial charge in [-0.25, -0.2) is 0 Å². The van der Waals surface area contributed by atoms with Crippen molar-refractivity contribution in [2.75, 3.05) is 21.3 Å². The van der Waals surface area contributed by atoms with Crippen molar-refractivity contribution in [3.05, 3.63) is 123 Å². The maximum Gasteiger partial charge on any atom is 0.118 e. The Kier molecular flexibility index (Phi) is 9.55. The molecule has 0 fully saturated rings. The summed E-state index contributed by atoms with van der Waals surface area (Å²) in [6, 6.07) is 29.1. The Morgan fingerprint density at radius 1 is 0.405 bits per heavy atom. The van der Waals surface area contributed by atoms with Crippen LogP contribution in [0.3, 0.4) is 0 Å². The van der Waals surface area contributed by atoms with E-state index in [0.29, 0.717) is 16.7 Å². The van der Waals surface area contributed by atoms with Crippen LogP contribution in [0.15, 0.2) is 72.8 Å². The molecule has 6 heteroatoms. The van der Waals surface area contributed by atoms with Crippen LogP contribution in [0.2, 0.25) is 0 Å². The first-order chi connectivity index (χ1) is 20.5. The number of hydrogen-bond donors (Lipinski definition) is 0. The van der Waals surface area contributed by atoms with E-state index in [2.05, 4.69) is 18.2 Å². The average Bonchev–Trinajstić information content (AvgIpc) is 3.05. The van der Waals surface area contributed by atoms with E-state index in [-0.39, 0.29) is 16.7 Å². The summed E-state index contributed by atoms with van der Waals surface area (Å²) in [6.45, 7) is 0. The van der Waals surface area contributed by atoms with Crippen molar-refractivity contribution in [2.45, 2.75) is 0 Å². The van der Waals surface area contributed by atoms with Gasteiger partial charge in [0.25, 0.3) is 0 Å². The number of benzene rings is 4. The number of hydrogen-bond acceptors (Lipinski definition) is 6. The van der Waals surface area contributed by atoms with Crippen LogP contribution >= 0.6 is 0 Å². The molecule has 42 heavy (non-hydrogen) atoms. The topological polar surface area (TPSA) is 99.1 Å². The molecule has 204 valence electrons. The Morgan fingerprint density at radius 3 is 0.833 bits per heavy atom. The lowest BCUT2D eigenvalue weighted by Crippen LogP contribution is -2.02. The van der Waals surface area contributed by atoms with Gasteiger partial charge in [-0.05, 0) is 53.1 Å². The van der Waals surface area contributed by atoms with Gasteiger partial charge in [-0.15, -0.1) is 0 Å². The van der Waals surface area contributed by atoms with E-state index in [1.54, 1.807) is 39.6 Å². The molecule has 0 aliphatic carbocycles. The van der Waals surface area contributed by atoms with Crippen LogP contribution in [0.1, 0.15) is 50.1 Å². The van der Waals surface area contributed by atoms with Crippen molar-refractivity contribution >= 4 is 36.5 Å². The predicted octanol–water partition coefficient (Wildman–Crippen LogP) is 7.84. The first-order valence-corrected chi connectivity index (χ1v) is 13.0. The fraction of sp³-hybridized carbons (Fsp3) is 0.0833. The predicted molar refractivity (Wildman–Crippen MR) is 166 cm³/mol. The quantitative estimate of drug-likeness (QED) is 0.197. The van der Waals surface area contributed by atoms with E-state index in [1.807, 2.05) is 91.0 Å². The minimum absolute atomic E-state index is 0.235. The molecule has 0 bridgehead atoms. The summed E-state index contributed by atoms with van der Waals surface area (Å²) in [7, 11) is 4.80. The molecule has 4 aromatic rings. The van der Waals surface area contributed by atoms with Crippen LogP contribution in [0.4, 0.5) is 0 Å². The molecule has 0 unspecified atom stereocenters. The number of nitriles is 3. The molecule has 0 aliphatic rings. The van der Waals surface area contributed by atoms with Gasteiger partial charge in [-0.1, -0.05) is 72.9 Å². The number of methoxy groups -OCH3 is 3. The SMILES string of the molecule is COc1ccc(/C=C/c2c(C#N)c(/C=C/c3ccc(OC)cc3)c(C#N)c(/C=C/c3ccc(OC)cc3)c2C#N)cc1. The van der Waals surface area contributed by atoms with Crippen molar-refractivity contribution in [2.24, 2.45) is 0 Å². The lowest BCUT2D eigenvalue weighted by atomic mass is 9.86. The van der Waals surface area contributed by atoms with E-state index < -0.39 is 0 Å². The van der Waals surface area contributed by atoms with E-state index in [0.717, 1.165) is 33.9 Å². The number of ether oxygens (including phenoxy) is 3. The Morgan fingerprint density at radius 2 is 0.643 bits per heavy atom. The maximum atomic E-state index is 10.3. The number of nitrogens with zero attached hydrogens (tertiary/aromatic N) is 3. The molecule has 0 N–H and O–H groups in total. The van der Waals surface area contributed by atoms with Gasteiger partial charge in [0.2, 0.25) is 0 Å². The summed E-state index contributed by atoms with van der Waals surface area (Å²) in [5.74, 6) is 2.16. The lowest BCUT2D eigenvalue weighted by Gasteiger charge is -2.13. The van der Waals surface area contributed by atoms with E-state index in [9.17, 15) is 15.8 Å². The van der Waals surface area contributed by atoms with Crippen LogP contribution in [0, 0.1) is 34.0 Å². The highest BCUT2D eigenvalue weighted by Crippen LogP contribution is 2.32. The van der Waals surface area contributed by atoms with E-state index >= 15 is 0 Å². The largest absolute Gasteiger partial charge is 0.497 e. The number of rotatable bonds is 9. The molecule has 0 saturated carbocycles. The smallest absolute Gasteiger partial charge is 0.118 e. The van der Waals surface area contributed by atoms with Crippen molar-refractivity contribution in [3.63, 3.8) is 0 Å². The fourth-order valence-corrected chi connectivity index (χ4v) is 4.36. The zero-order valence-electron chi connectivity index (χ0n) is 23.5. The van der Waals surface area contributed by atoms with Gasteiger partial charge in [0.15, 0.2) is 0 Å². The molecule has 0 amide bonds. The second-order valence-electron chi connectivity index (χ2n) is 9.02. The van der Waals surface area contributed by atoms with Crippen LogP contribution in [-0.2, 0) is 0 Å². The Hall–Kier alpha value is -6.03. The van der Waals surface area contributed by atoms with Gasteiger partial charge >= 0.3 is 0 Å². The summed E-state index contributed by atoms with van der Waals surface area (Å²) in [5, 5.41) is 31.0. The standard InChI is InChI=1S/C36H27N3O3/c1-40-28-13-4-25(5-14-28)10-19-31-34(22-37)32(20-11-26-6-15-29(41-2)16-7-26)36(24-39)33(35(31)23-38)21-12-27-8-17-30(42-3)18-9-27/h4-21H,1-3H3/b19-10+,20-11+,21-12+. The van der Waals surface area contributed by atoms with Gasteiger partial charge in [-0.2, -0.15) is 15.8 Å². The van der Waals surface area contributed by atoms with E-state index in [1.165, 1.54) is 0 Å². The summed E-state index contributed by atoms with van der Waals surface area (Å²) in [5.41, 5.74) is 4.57. The summed E-state index contributed by atoms with van der Waals surface area (Å²) in [6.07, 6.45) is 10.7. The second-order valence-corrected chi connectivity index (χ2v) is 9.02. The molecule has 0 spiro atoms. The highest BCUT2D eigenvalue weighted by molar-refractivity contribution is 5.90. The third kappa shape index (κ3) is 6.57. The third-order valence-corrected chi connectivity index (χ3v) is 6.63. The molecule has 0 atom stereocenters. The Bertz CT molecular complexity index is 1540. The minimum atomic E-state index is 0.235. The molecule has 0 aliphatic heterocycles. The van der Waals surface area contributed by atoms with Crippen molar-refractivity contribution in [1.82, 2.24) is 0 Å². The van der Waals surface area contributed by atoms with Crippen LogP contribution in [-0.4, -0.2) is 21.3 Å². The molecule has 0 saturated heterocycles. The molecular formula is C36H27N3O3.